The molecule has 1 aromatic carbocycles. The molecule has 0 aliphatic carbocycles. The van der Waals surface area contributed by atoms with E-state index in [-0.39, 0.29) is 0 Å². The first-order valence-corrected chi connectivity index (χ1v) is 4.70. The molecule has 0 amide bonds. The first-order valence-electron chi connectivity index (χ1n) is 4.70. The number of rotatable bonds is 2. The van der Waals surface area contributed by atoms with Crippen LogP contribution >= 0.6 is 0 Å². The second-order valence-corrected chi connectivity index (χ2v) is 3.41. The molecule has 0 aliphatic heterocycles. The van der Waals surface area contributed by atoms with Gasteiger partial charge in [0.2, 0.25) is 0 Å². The molecule has 70 valence electrons. The molecule has 14 heavy (non-hydrogen) atoms. The Morgan fingerprint density at radius 2 is 1.86 bits per heavy atom. The number of hydrogen-bond acceptors (Lipinski definition) is 0. The maximum atomic E-state index is 3.41. The van der Waals surface area contributed by atoms with Gasteiger partial charge in [-0.3, -0.25) is 0 Å². The van der Waals surface area contributed by atoms with Crippen molar-refractivity contribution in [3.8, 4) is 0 Å². The summed E-state index contributed by atoms with van der Waals surface area (Å²) in [6.45, 7) is 7.78. The highest BCUT2D eigenvalue weighted by Crippen LogP contribution is 2.14. The fourth-order valence-electron chi connectivity index (χ4n) is 1.15. The van der Waals surface area contributed by atoms with Crippen molar-refractivity contribution in [1.82, 2.24) is 0 Å². The van der Waals surface area contributed by atoms with Crippen LogP contribution in [0.15, 0.2) is 48.0 Å². The predicted octanol–water partition coefficient (Wildman–Crippen LogP) is 3.92. The molecule has 0 radical (unpaired) electrons. The van der Waals surface area contributed by atoms with E-state index in [0.717, 1.165) is 5.56 Å². The Morgan fingerprint density at radius 1 is 1.21 bits per heavy atom. The van der Waals surface area contributed by atoms with E-state index in [0.29, 0.717) is 5.92 Å². The Kier molecular flexibility index (Phi) is 3.80. The molecular formula is C14H14. The summed E-state index contributed by atoms with van der Waals surface area (Å²) in [6, 6.07) is 8.42. The zero-order chi connectivity index (χ0) is 10.4. The SMILES string of the molecule is C=C=C=C=Cc1ccc(C(C)C)cc1. The molecule has 0 unspecified atom stereocenters. The van der Waals surface area contributed by atoms with Gasteiger partial charge < -0.3 is 0 Å². The van der Waals surface area contributed by atoms with Crippen molar-refractivity contribution in [3.05, 3.63) is 59.2 Å². The first-order chi connectivity index (χ1) is 6.74. The summed E-state index contributed by atoms with van der Waals surface area (Å²) in [5, 5.41) is 0. The van der Waals surface area contributed by atoms with Gasteiger partial charge in [0.15, 0.2) is 0 Å². The highest BCUT2D eigenvalue weighted by atomic mass is 14.0. The van der Waals surface area contributed by atoms with Crippen molar-refractivity contribution in [2.24, 2.45) is 0 Å². The second kappa shape index (κ2) is 5.12. The normalized spacial score (nSPS) is 8.79. The largest absolute Gasteiger partial charge is 0.0693 e. The van der Waals surface area contributed by atoms with Gasteiger partial charge in [-0.2, -0.15) is 0 Å². The molecule has 0 spiro atoms. The van der Waals surface area contributed by atoms with E-state index in [2.05, 4.69) is 61.9 Å². The van der Waals surface area contributed by atoms with Gasteiger partial charge >= 0.3 is 0 Å². The molecule has 0 nitrogen and oxygen atoms in total. The highest BCUT2D eigenvalue weighted by molar-refractivity contribution is 5.49. The minimum absolute atomic E-state index is 0.580. The van der Waals surface area contributed by atoms with Crippen LogP contribution in [0.1, 0.15) is 30.9 Å². The topological polar surface area (TPSA) is 0 Å². The summed E-state index contributed by atoms with van der Waals surface area (Å²) in [5.74, 6) is 0.580. The Morgan fingerprint density at radius 3 is 2.36 bits per heavy atom. The molecule has 0 aliphatic rings. The third-order valence-electron chi connectivity index (χ3n) is 2.00. The van der Waals surface area contributed by atoms with Crippen LogP contribution in [-0.4, -0.2) is 0 Å². The van der Waals surface area contributed by atoms with Gasteiger partial charge in [0.05, 0.1) is 0 Å². The smallest absolute Gasteiger partial charge is 0.00362 e. The molecule has 1 rings (SSSR count). The van der Waals surface area contributed by atoms with Gasteiger partial charge in [0.25, 0.3) is 0 Å². The Hall–Kier alpha value is -1.70. The van der Waals surface area contributed by atoms with Crippen LogP contribution in [0.5, 0.6) is 0 Å². The van der Waals surface area contributed by atoms with E-state index in [1.54, 1.807) is 0 Å². The minimum Gasteiger partial charge on any atom is -0.0693 e. The van der Waals surface area contributed by atoms with E-state index < -0.39 is 0 Å². The summed E-state index contributed by atoms with van der Waals surface area (Å²) in [5.41, 5.74) is 10.5. The molecule has 0 heterocycles. The summed E-state index contributed by atoms with van der Waals surface area (Å²) in [6.07, 6.45) is 1.86. The highest BCUT2D eigenvalue weighted by Gasteiger charge is 1.96. The number of hydrogen-bond donors (Lipinski definition) is 0. The Balaban J connectivity index is 2.94. The predicted molar refractivity (Wildman–Crippen MR) is 61.2 cm³/mol. The van der Waals surface area contributed by atoms with Crippen molar-refractivity contribution in [3.63, 3.8) is 0 Å². The molecule has 0 heteroatoms. The lowest BCUT2D eigenvalue weighted by molar-refractivity contribution is 0.866. The van der Waals surface area contributed by atoms with E-state index in [4.69, 9.17) is 0 Å². The molecule has 1 aromatic rings. The monoisotopic (exact) mass is 182 g/mol. The van der Waals surface area contributed by atoms with Crippen molar-refractivity contribution < 1.29 is 0 Å². The Bertz CT molecular complexity index is 402. The summed E-state index contributed by atoms with van der Waals surface area (Å²) in [4.78, 5) is 0. The molecule has 0 fully saturated rings. The first kappa shape index (κ1) is 10.4. The third-order valence-corrected chi connectivity index (χ3v) is 2.00. The van der Waals surface area contributed by atoms with Gasteiger partial charge in [0, 0.05) is 0 Å². The average molecular weight is 182 g/mol. The zero-order valence-corrected chi connectivity index (χ0v) is 8.67. The van der Waals surface area contributed by atoms with Gasteiger partial charge in [-0.1, -0.05) is 49.6 Å². The summed E-state index contributed by atoms with van der Waals surface area (Å²) >= 11 is 0. The van der Waals surface area contributed by atoms with E-state index >= 15 is 0 Å². The quantitative estimate of drug-likeness (QED) is 0.608. The van der Waals surface area contributed by atoms with Crippen molar-refractivity contribution in [1.29, 1.82) is 0 Å². The van der Waals surface area contributed by atoms with Crippen LogP contribution in [0, 0.1) is 0 Å². The van der Waals surface area contributed by atoms with Crippen LogP contribution in [-0.2, 0) is 0 Å². The van der Waals surface area contributed by atoms with E-state index in [1.807, 2.05) is 6.08 Å². The van der Waals surface area contributed by atoms with E-state index in [9.17, 15) is 0 Å². The average Bonchev–Trinajstić information content (AvgIpc) is 2.19. The third kappa shape index (κ3) is 2.98. The summed E-state index contributed by atoms with van der Waals surface area (Å²) in [7, 11) is 0. The van der Waals surface area contributed by atoms with Crippen molar-refractivity contribution in [2.75, 3.05) is 0 Å². The fraction of sp³-hybridized carbons (Fsp3) is 0.214. The van der Waals surface area contributed by atoms with Crippen LogP contribution < -0.4 is 0 Å². The molecule has 0 atom stereocenters. The van der Waals surface area contributed by atoms with Crippen LogP contribution in [0.25, 0.3) is 6.08 Å². The fourth-order valence-corrected chi connectivity index (χ4v) is 1.15. The summed E-state index contributed by atoms with van der Waals surface area (Å²) < 4.78 is 0. The molecular weight excluding hydrogens is 168 g/mol. The second-order valence-electron chi connectivity index (χ2n) is 3.41. The number of benzene rings is 1. The van der Waals surface area contributed by atoms with Gasteiger partial charge in [-0.05, 0) is 35.4 Å². The van der Waals surface area contributed by atoms with E-state index in [1.165, 1.54) is 5.56 Å². The lowest BCUT2D eigenvalue weighted by atomic mass is 10.0. The minimum atomic E-state index is 0.580. The zero-order valence-electron chi connectivity index (χ0n) is 8.67. The molecule has 0 saturated heterocycles. The van der Waals surface area contributed by atoms with Gasteiger partial charge in [-0.15, -0.1) is 0 Å². The van der Waals surface area contributed by atoms with Crippen LogP contribution in [0.4, 0.5) is 0 Å². The molecule has 0 N–H and O–H groups in total. The lowest BCUT2D eigenvalue weighted by Gasteiger charge is -2.03. The van der Waals surface area contributed by atoms with Crippen LogP contribution in [0.3, 0.4) is 0 Å². The molecule has 0 bridgehead atoms. The van der Waals surface area contributed by atoms with Gasteiger partial charge in [0.1, 0.15) is 0 Å². The molecule has 0 aromatic heterocycles. The maximum absolute atomic E-state index is 3.41. The standard InChI is InChI=1S/C14H14/c1-4-5-6-7-13-8-10-14(11-9-13)12(2)3/h7-12H,1H2,2-3H3. The van der Waals surface area contributed by atoms with Gasteiger partial charge in [-0.25, -0.2) is 0 Å². The Labute approximate surface area is 85.6 Å². The van der Waals surface area contributed by atoms with Crippen LogP contribution in [0.2, 0.25) is 0 Å². The lowest BCUT2D eigenvalue weighted by Crippen LogP contribution is -1.85. The maximum Gasteiger partial charge on any atom is -0.00362 e. The molecule has 0 saturated carbocycles. The van der Waals surface area contributed by atoms with Crippen molar-refractivity contribution in [2.45, 2.75) is 19.8 Å². The van der Waals surface area contributed by atoms with Crippen molar-refractivity contribution >= 4 is 6.08 Å².